The number of rotatable bonds is 5. The monoisotopic (exact) mass is 362 g/mol. The van der Waals surface area contributed by atoms with Crippen molar-refractivity contribution < 1.29 is 14.9 Å². The predicted molar refractivity (Wildman–Crippen MR) is 106 cm³/mol. The molecule has 2 aromatic carbocycles. The van der Waals surface area contributed by atoms with E-state index in [1.54, 1.807) is 0 Å². The Morgan fingerprint density at radius 2 is 1.85 bits per heavy atom. The highest BCUT2D eigenvalue weighted by atomic mass is 16.2. The van der Waals surface area contributed by atoms with Gasteiger partial charge in [0.1, 0.15) is 0 Å². The molecular weight excluding hydrogens is 338 g/mol. The number of H-pyrrole nitrogens is 1. The fourth-order valence-corrected chi connectivity index (χ4v) is 3.97. The Morgan fingerprint density at radius 1 is 1.11 bits per heavy atom. The van der Waals surface area contributed by atoms with Gasteiger partial charge >= 0.3 is 0 Å². The summed E-state index contributed by atoms with van der Waals surface area (Å²) >= 11 is 0. The van der Waals surface area contributed by atoms with Gasteiger partial charge in [0.05, 0.1) is 18.7 Å². The molecule has 3 aromatic rings. The van der Waals surface area contributed by atoms with E-state index in [9.17, 15) is 9.59 Å². The van der Waals surface area contributed by atoms with Crippen molar-refractivity contribution in [3.05, 3.63) is 65.4 Å². The van der Waals surface area contributed by atoms with Gasteiger partial charge in [0.25, 0.3) is 5.91 Å². The molecule has 4 rings (SSSR count). The second kappa shape index (κ2) is 7.00. The van der Waals surface area contributed by atoms with Gasteiger partial charge < -0.3 is 10.3 Å². The zero-order valence-electron chi connectivity index (χ0n) is 15.7. The Hall–Kier alpha value is -2.92. The van der Waals surface area contributed by atoms with Crippen molar-refractivity contribution in [3.63, 3.8) is 0 Å². The molecule has 2 heterocycles. The maximum absolute atomic E-state index is 12.8. The van der Waals surface area contributed by atoms with Gasteiger partial charge in [-0.1, -0.05) is 24.3 Å². The summed E-state index contributed by atoms with van der Waals surface area (Å²) in [6.07, 6.45) is 3.15. The zero-order valence-corrected chi connectivity index (χ0v) is 15.7. The number of nitrogens with one attached hydrogen (secondary N) is 1. The van der Waals surface area contributed by atoms with Crippen molar-refractivity contribution in [2.45, 2.75) is 32.7 Å². The number of anilines is 1. The smallest absolute Gasteiger partial charge is 0.292 e. The predicted octanol–water partition coefficient (Wildman–Crippen LogP) is 2.22. The Labute approximate surface area is 158 Å². The normalized spacial score (nSPS) is 17.3. The fraction of sp³-hybridized carbons (Fsp3) is 0.273. The molecule has 0 spiro atoms. The molecule has 138 valence electrons. The van der Waals surface area contributed by atoms with Crippen molar-refractivity contribution in [1.29, 1.82) is 0 Å². The number of nitrogens with two attached hydrogens (primary N) is 1. The number of nitrogens with zero attached hydrogens (tertiary/aromatic N) is 1. The van der Waals surface area contributed by atoms with Gasteiger partial charge in [0.2, 0.25) is 5.91 Å². The van der Waals surface area contributed by atoms with E-state index in [2.05, 4.69) is 17.1 Å². The highest BCUT2D eigenvalue weighted by Crippen LogP contribution is 2.24. The molecule has 1 saturated heterocycles. The van der Waals surface area contributed by atoms with Crippen LogP contribution in [0.3, 0.4) is 0 Å². The second-order valence-electron chi connectivity index (χ2n) is 7.36. The van der Waals surface area contributed by atoms with E-state index in [1.165, 1.54) is 15.8 Å². The summed E-state index contributed by atoms with van der Waals surface area (Å²) in [5, 5.41) is 3.22. The van der Waals surface area contributed by atoms with Crippen molar-refractivity contribution in [2.24, 2.45) is 0 Å². The molecule has 1 aliphatic heterocycles. The number of amides is 2. The maximum Gasteiger partial charge on any atom is 0.292 e. The van der Waals surface area contributed by atoms with Crippen LogP contribution in [0.15, 0.2) is 48.7 Å². The number of hydrogen-bond donors (Lipinski definition) is 2. The molecule has 0 aliphatic carbocycles. The van der Waals surface area contributed by atoms with Crippen molar-refractivity contribution >= 4 is 28.4 Å². The van der Waals surface area contributed by atoms with E-state index in [1.807, 2.05) is 55.7 Å². The second-order valence-corrected chi connectivity index (χ2v) is 7.36. The number of carbonyl (C=O) groups is 2. The lowest BCUT2D eigenvalue weighted by atomic mass is 10.1. The van der Waals surface area contributed by atoms with Crippen LogP contribution in [-0.2, 0) is 16.0 Å². The summed E-state index contributed by atoms with van der Waals surface area (Å²) in [4.78, 5) is 29.9. The molecule has 2 amide bonds. The molecule has 1 fully saturated rings. The van der Waals surface area contributed by atoms with Gasteiger partial charge in [0, 0.05) is 23.5 Å². The first-order valence-electron chi connectivity index (χ1n) is 9.36. The van der Waals surface area contributed by atoms with Crippen LogP contribution >= 0.6 is 0 Å². The summed E-state index contributed by atoms with van der Waals surface area (Å²) < 4.78 is 0. The molecule has 1 atom stereocenters. The van der Waals surface area contributed by atoms with Crippen LogP contribution in [0, 0.1) is 13.8 Å². The lowest BCUT2D eigenvalue weighted by molar-refractivity contribution is -0.674. The maximum atomic E-state index is 12.8. The molecule has 0 bridgehead atoms. The number of hydrogen-bond acceptors (Lipinski definition) is 2. The molecule has 27 heavy (non-hydrogen) atoms. The highest BCUT2D eigenvalue weighted by molar-refractivity contribution is 6.21. The number of imide groups is 1. The average molecular weight is 362 g/mol. The number of benzene rings is 2. The Kier molecular flexibility index (Phi) is 4.54. The summed E-state index contributed by atoms with van der Waals surface area (Å²) in [6.45, 7) is 4.73. The third-order valence-corrected chi connectivity index (χ3v) is 5.19. The Bertz CT molecular complexity index is 1000. The number of aromatic nitrogens is 1. The fourth-order valence-electron chi connectivity index (χ4n) is 3.97. The van der Waals surface area contributed by atoms with Gasteiger partial charge in [0.15, 0.2) is 6.04 Å². The topological polar surface area (TPSA) is 69.8 Å². The van der Waals surface area contributed by atoms with Crippen LogP contribution in [0.25, 0.3) is 10.9 Å². The standard InChI is InChI=1S/C22H23N3O2/c1-14-9-15(2)11-17(10-14)25-21(26)12-20(22(25)27)23-8-7-16-13-24-19-6-4-3-5-18(16)19/h3-6,9-11,13,20,23-24H,7-8,12H2,1-2H3/p+1/t20-/m1/s1. The van der Waals surface area contributed by atoms with Crippen molar-refractivity contribution in [3.8, 4) is 0 Å². The van der Waals surface area contributed by atoms with Crippen molar-refractivity contribution in [1.82, 2.24) is 4.98 Å². The van der Waals surface area contributed by atoms with E-state index in [0.717, 1.165) is 29.6 Å². The Balaban J connectivity index is 1.43. The van der Waals surface area contributed by atoms with Gasteiger partial charge in [-0.25, -0.2) is 4.90 Å². The molecule has 1 aromatic heterocycles. The first-order chi connectivity index (χ1) is 13.0. The molecule has 0 radical (unpaired) electrons. The SMILES string of the molecule is Cc1cc(C)cc(N2C(=O)C[C@@H]([NH2+]CCc3c[nH]c4ccccc34)C2=O)c1. The lowest BCUT2D eigenvalue weighted by Gasteiger charge is -2.15. The molecule has 5 heteroatoms. The van der Waals surface area contributed by atoms with Crippen LogP contribution in [0.4, 0.5) is 5.69 Å². The number of carbonyl (C=O) groups excluding carboxylic acids is 2. The summed E-state index contributed by atoms with van der Waals surface area (Å²) in [5.74, 6) is -0.220. The molecular formula is C22H24N3O2+. The summed E-state index contributed by atoms with van der Waals surface area (Å²) in [5.41, 5.74) is 5.16. The molecule has 3 N–H and O–H groups in total. The van der Waals surface area contributed by atoms with Crippen LogP contribution in [-0.4, -0.2) is 29.4 Å². The van der Waals surface area contributed by atoms with Crippen molar-refractivity contribution in [2.75, 3.05) is 11.4 Å². The van der Waals surface area contributed by atoms with E-state index in [4.69, 9.17) is 0 Å². The quantitative estimate of drug-likeness (QED) is 0.684. The van der Waals surface area contributed by atoms with Gasteiger partial charge in [-0.15, -0.1) is 0 Å². The van der Waals surface area contributed by atoms with Crippen LogP contribution in [0.5, 0.6) is 0 Å². The Morgan fingerprint density at radius 3 is 2.63 bits per heavy atom. The first kappa shape index (κ1) is 17.5. The van der Waals surface area contributed by atoms with Crippen LogP contribution in [0.2, 0.25) is 0 Å². The highest BCUT2D eigenvalue weighted by Gasteiger charge is 2.42. The number of quaternary nitrogens is 1. The molecule has 1 aliphatic rings. The van der Waals surface area contributed by atoms with E-state index in [0.29, 0.717) is 5.69 Å². The van der Waals surface area contributed by atoms with Gasteiger partial charge in [-0.05, 0) is 48.7 Å². The molecule has 5 nitrogen and oxygen atoms in total. The van der Waals surface area contributed by atoms with E-state index < -0.39 is 0 Å². The summed E-state index contributed by atoms with van der Waals surface area (Å²) in [6, 6.07) is 13.7. The van der Waals surface area contributed by atoms with Gasteiger partial charge in [-0.2, -0.15) is 0 Å². The minimum atomic E-state index is -0.330. The minimum absolute atomic E-state index is 0.107. The van der Waals surface area contributed by atoms with Gasteiger partial charge in [-0.3, -0.25) is 9.59 Å². The van der Waals surface area contributed by atoms with E-state index >= 15 is 0 Å². The van der Waals surface area contributed by atoms with Crippen LogP contribution < -0.4 is 10.2 Å². The molecule has 0 unspecified atom stereocenters. The number of fused-ring (bicyclic) bond motifs is 1. The van der Waals surface area contributed by atoms with E-state index in [-0.39, 0.29) is 24.3 Å². The lowest BCUT2D eigenvalue weighted by Crippen LogP contribution is -2.92. The third-order valence-electron chi connectivity index (χ3n) is 5.19. The number of para-hydroxylation sites is 1. The largest absolute Gasteiger partial charge is 0.361 e. The minimum Gasteiger partial charge on any atom is -0.361 e. The first-order valence-corrected chi connectivity index (χ1v) is 9.36. The number of aryl methyl sites for hydroxylation is 2. The molecule has 0 saturated carbocycles. The number of aromatic amines is 1. The average Bonchev–Trinajstić information content (AvgIpc) is 3.15. The zero-order chi connectivity index (χ0) is 19.0. The summed E-state index contributed by atoms with van der Waals surface area (Å²) in [7, 11) is 0. The third kappa shape index (κ3) is 3.38. The van der Waals surface area contributed by atoms with Crippen LogP contribution in [0.1, 0.15) is 23.1 Å².